The first-order valence-electron chi connectivity index (χ1n) is 7.11. The molecule has 0 aliphatic heterocycles. The smallest absolute Gasteiger partial charge is 0.211 e. The van der Waals surface area contributed by atoms with Crippen LogP contribution in [-0.4, -0.2) is 37.6 Å². The van der Waals surface area contributed by atoms with Crippen molar-refractivity contribution in [2.75, 3.05) is 19.3 Å². The van der Waals surface area contributed by atoms with E-state index in [9.17, 15) is 8.42 Å². The van der Waals surface area contributed by atoms with Gasteiger partial charge in [-0.25, -0.2) is 8.42 Å². The summed E-state index contributed by atoms with van der Waals surface area (Å²) in [5, 5.41) is 0. The van der Waals surface area contributed by atoms with Crippen LogP contribution in [0.5, 0.6) is 0 Å². The summed E-state index contributed by atoms with van der Waals surface area (Å²) < 4.78 is 26.0. The van der Waals surface area contributed by atoms with Crippen molar-refractivity contribution in [3.8, 4) is 0 Å². The molecule has 4 aliphatic carbocycles. The molecule has 0 unspecified atom stereocenters. The second kappa shape index (κ2) is 4.18. The molecule has 0 heterocycles. The Morgan fingerprint density at radius 3 is 1.89 bits per heavy atom. The molecule has 0 spiro atoms. The Bertz CT molecular complexity index is 397. The Morgan fingerprint density at radius 1 is 1.11 bits per heavy atom. The van der Waals surface area contributed by atoms with Gasteiger partial charge in [-0.3, -0.25) is 0 Å². The van der Waals surface area contributed by atoms with Gasteiger partial charge in [0.25, 0.3) is 0 Å². The SMILES string of the molecule is CS(=O)(=O)N(CCN)C12CC3CC(CC(C3)C1)C2. The minimum Gasteiger partial charge on any atom is -0.329 e. The highest BCUT2D eigenvalue weighted by molar-refractivity contribution is 7.88. The summed E-state index contributed by atoms with van der Waals surface area (Å²) in [4.78, 5) is 0. The summed E-state index contributed by atoms with van der Waals surface area (Å²) in [6, 6.07) is 0. The number of hydrogen-bond donors (Lipinski definition) is 1. The molecule has 0 aromatic heterocycles. The van der Waals surface area contributed by atoms with Crippen LogP contribution < -0.4 is 5.73 Å². The van der Waals surface area contributed by atoms with Crippen LogP contribution in [0.2, 0.25) is 0 Å². The van der Waals surface area contributed by atoms with Gasteiger partial charge in [0.05, 0.1) is 6.26 Å². The van der Waals surface area contributed by atoms with Crippen molar-refractivity contribution in [1.29, 1.82) is 0 Å². The number of hydrogen-bond acceptors (Lipinski definition) is 3. The molecule has 4 fully saturated rings. The highest BCUT2D eigenvalue weighted by Gasteiger charge is 2.55. The molecule has 5 heteroatoms. The van der Waals surface area contributed by atoms with Gasteiger partial charge < -0.3 is 5.73 Å². The van der Waals surface area contributed by atoms with E-state index < -0.39 is 10.0 Å². The van der Waals surface area contributed by atoms with Crippen molar-refractivity contribution in [3.63, 3.8) is 0 Å². The van der Waals surface area contributed by atoms with Gasteiger partial charge in [0.2, 0.25) is 10.0 Å². The zero-order valence-corrected chi connectivity index (χ0v) is 12.0. The van der Waals surface area contributed by atoms with E-state index >= 15 is 0 Å². The number of rotatable bonds is 4. The highest BCUT2D eigenvalue weighted by Crippen LogP contribution is 2.58. The normalized spacial score (nSPS) is 42.7. The van der Waals surface area contributed by atoms with E-state index in [1.165, 1.54) is 25.5 Å². The van der Waals surface area contributed by atoms with Crippen molar-refractivity contribution in [2.45, 2.75) is 44.1 Å². The van der Waals surface area contributed by atoms with Crippen molar-refractivity contribution in [3.05, 3.63) is 0 Å². The van der Waals surface area contributed by atoms with Gasteiger partial charge in [-0.05, 0) is 56.3 Å². The van der Waals surface area contributed by atoms with E-state index in [1.807, 2.05) is 0 Å². The molecule has 4 rings (SSSR count). The first-order valence-corrected chi connectivity index (χ1v) is 8.96. The summed E-state index contributed by atoms with van der Waals surface area (Å²) in [6.07, 6.45) is 8.57. The zero-order valence-electron chi connectivity index (χ0n) is 11.1. The maximum Gasteiger partial charge on any atom is 0.211 e. The minimum absolute atomic E-state index is 0.0816. The van der Waals surface area contributed by atoms with Gasteiger partial charge in [-0.15, -0.1) is 0 Å². The molecule has 0 atom stereocenters. The van der Waals surface area contributed by atoms with Gasteiger partial charge in [0.15, 0.2) is 0 Å². The van der Waals surface area contributed by atoms with Crippen LogP contribution >= 0.6 is 0 Å². The molecule has 4 nitrogen and oxygen atoms in total. The fraction of sp³-hybridized carbons (Fsp3) is 1.00. The fourth-order valence-electron chi connectivity index (χ4n) is 5.24. The van der Waals surface area contributed by atoms with Crippen LogP contribution in [0.3, 0.4) is 0 Å². The lowest BCUT2D eigenvalue weighted by Crippen LogP contribution is -2.62. The predicted molar refractivity (Wildman–Crippen MR) is 71.5 cm³/mol. The minimum atomic E-state index is -3.14. The van der Waals surface area contributed by atoms with Gasteiger partial charge in [0.1, 0.15) is 0 Å². The Kier molecular flexibility index (Phi) is 2.99. The van der Waals surface area contributed by atoms with Crippen LogP contribution in [0.25, 0.3) is 0 Å². The third-order valence-electron chi connectivity index (χ3n) is 5.27. The van der Waals surface area contributed by atoms with Gasteiger partial charge >= 0.3 is 0 Å². The molecular weight excluding hydrogens is 248 g/mol. The summed E-state index contributed by atoms with van der Waals surface area (Å²) in [7, 11) is -3.14. The molecule has 104 valence electrons. The van der Waals surface area contributed by atoms with Crippen LogP contribution in [0.1, 0.15) is 38.5 Å². The fourth-order valence-corrected chi connectivity index (χ4v) is 6.61. The summed E-state index contributed by atoms with van der Waals surface area (Å²) >= 11 is 0. The van der Waals surface area contributed by atoms with Crippen molar-refractivity contribution < 1.29 is 8.42 Å². The standard InChI is InChI=1S/C13H24N2O2S/c1-18(16,17)15(3-2-14)13-7-10-4-11(8-13)6-12(5-10)9-13/h10-12H,2-9,14H2,1H3. The monoisotopic (exact) mass is 272 g/mol. The Labute approximate surface area is 110 Å². The Balaban J connectivity index is 1.93. The molecule has 4 bridgehead atoms. The maximum atomic E-state index is 12.1. The topological polar surface area (TPSA) is 63.4 Å². The molecule has 0 aromatic rings. The first-order chi connectivity index (χ1) is 8.43. The molecule has 0 aromatic carbocycles. The first kappa shape index (κ1) is 12.9. The van der Waals surface area contributed by atoms with E-state index in [1.54, 1.807) is 4.31 Å². The number of nitrogens with zero attached hydrogens (tertiary/aromatic N) is 1. The van der Waals surface area contributed by atoms with E-state index in [0.717, 1.165) is 37.0 Å². The second-order valence-electron chi connectivity index (χ2n) is 6.77. The largest absolute Gasteiger partial charge is 0.329 e. The summed E-state index contributed by atoms with van der Waals surface area (Å²) in [5.74, 6) is 2.29. The molecule has 0 saturated heterocycles. The van der Waals surface area contributed by atoms with E-state index in [-0.39, 0.29) is 5.54 Å². The third-order valence-corrected chi connectivity index (χ3v) is 6.64. The third kappa shape index (κ3) is 2.00. The highest BCUT2D eigenvalue weighted by atomic mass is 32.2. The Morgan fingerprint density at radius 2 is 1.56 bits per heavy atom. The number of nitrogens with two attached hydrogens (primary N) is 1. The zero-order chi connectivity index (χ0) is 13.0. The lowest BCUT2D eigenvalue weighted by Gasteiger charge is -2.59. The number of sulfonamides is 1. The predicted octanol–water partition coefficient (Wildman–Crippen LogP) is 1.18. The van der Waals surface area contributed by atoms with Crippen molar-refractivity contribution in [1.82, 2.24) is 4.31 Å². The lowest BCUT2D eigenvalue weighted by molar-refractivity contribution is -0.0555. The van der Waals surface area contributed by atoms with Gasteiger partial charge in [-0.2, -0.15) is 4.31 Å². The quantitative estimate of drug-likeness (QED) is 0.835. The molecular formula is C13H24N2O2S. The van der Waals surface area contributed by atoms with Crippen LogP contribution in [-0.2, 0) is 10.0 Å². The van der Waals surface area contributed by atoms with E-state index in [0.29, 0.717) is 13.1 Å². The van der Waals surface area contributed by atoms with E-state index in [4.69, 9.17) is 5.73 Å². The summed E-state index contributed by atoms with van der Waals surface area (Å²) in [6.45, 7) is 0.916. The molecule has 0 amide bonds. The molecule has 4 aliphatic rings. The van der Waals surface area contributed by atoms with Gasteiger partial charge in [0, 0.05) is 18.6 Å². The van der Waals surface area contributed by atoms with Crippen LogP contribution in [0, 0.1) is 17.8 Å². The van der Waals surface area contributed by atoms with Crippen LogP contribution in [0.4, 0.5) is 0 Å². The molecule has 4 saturated carbocycles. The summed E-state index contributed by atoms with van der Waals surface area (Å²) in [5.41, 5.74) is 5.56. The second-order valence-corrected chi connectivity index (χ2v) is 8.67. The average molecular weight is 272 g/mol. The van der Waals surface area contributed by atoms with Gasteiger partial charge in [-0.1, -0.05) is 0 Å². The molecule has 0 radical (unpaired) electrons. The molecule has 18 heavy (non-hydrogen) atoms. The maximum absolute atomic E-state index is 12.1. The molecule has 2 N–H and O–H groups in total. The van der Waals surface area contributed by atoms with Crippen molar-refractivity contribution in [2.24, 2.45) is 23.5 Å². The lowest BCUT2D eigenvalue weighted by atomic mass is 9.53. The Hall–Kier alpha value is -0.130. The van der Waals surface area contributed by atoms with Crippen LogP contribution in [0.15, 0.2) is 0 Å². The van der Waals surface area contributed by atoms with E-state index in [2.05, 4.69) is 0 Å². The van der Waals surface area contributed by atoms with Crippen molar-refractivity contribution >= 4 is 10.0 Å². The average Bonchev–Trinajstić information content (AvgIpc) is 2.22.